The van der Waals surface area contributed by atoms with Gasteiger partial charge >= 0.3 is 0 Å². The molecule has 1 aromatic rings. The van der Waals surface area contributed by atoms with Crippen molar-refractivity contribution >= 4 is 31.5 Å². The highest BCUT2D eigenvalue weighted by Gasteiger charge is 2.06. The SMILES string of the molecule is CN(CCS(C)(=O)=O)c1ccc(CBr)cc1. The second kappa shape index (κ2) is 5.68. The van der Waals surface area contributed by atoms with E-state index >= 15 is 0 Å². The van der Waals surface area contributed by atoms with Gasteiger partial charge < -0.3 is 4.90 Å². The molecule has 16 heavy (non-hydrogen) atoms. The summed E-state index contributed by atoms with van der Waals surface area (Å²) in [7, 11) is -0.992. The Labute approximate surface area is 106 Å². The number of hydrogen-bond acceptors (Lipinski definition) is 3. The van der Waals surface area contributed by atoms with Crippen LogP contribution in [0.3, 0.4) is 0 Å². The third-order valence-corrected chi connectivity index (χ3v) is 3.90. The molecule has 0 saturated carbocycles. The van der Waals surface area contributed by atoms with Gasteiger partial charge in [0.05, 0.1) is 5.75 Å². The molecule has 0 atom stereocenters. The van der Waals surface area contributed by atoms with E-state index in [-0.39, 0.29) is 5.75 Å². The van der Waals surface area contributed by atoms with E-state index in [4.69, 9.17) is 0 Å². The van der Waals surface area contributed by atoms with Crippen molar-refractivity contribution in [3.63, 3.8) is 0 Å². The standard InChI is InChI=1S/C11H16BrNO2S/c1-13(7-8-16(2,14)15)11-5-3-10(9-12)4-6-11/h3-6H,7-9H2,1-2H3. The molecular formula is C11H16BrNO2S. The van der Waals surface area contributed by atoms with Crippen molar-refractivity contribution in [3.05, 3.63) is 29.8 Å². The van der Waals surface area contributed by atoms with Crippen LogP contribution in [0.2, 0.25) is 0 Å². The van der Waals surface area contributed by atoms with Gasteiger partial charge in [-0.15, -0.1) is 0 Å². The first-order valence-electron chi connectivity index (χ1n) is 4.96. The number of sulfone groups is 1. The largest absolute Gasteiger partial charge is 0.374 e. The summed E-state index contributed by atoms with van der Waals surface area (Å²) in [5.41, 5.74) is 2.24. The summed E-state index contributed by atoms with van der Waals surface area (Å²) < 4.78 is 22.1. The average molecular weight is 306 g/mol. The Morgan fingerprint density at radius 2 is 1.81 bits per heavy atom. The number of nitrogens with zero attached hydrogens (tertiary/aromatic N) is 1. The maximum absolute atomic E-state index is 11.0. The molecule has 0 spiro atoms. The van der Waals surface area contributed by atoms with Crippen LogP contribution in [0.15, 0.2) is 24.3 Å². The predicted octanol–water partition coefficient (Wildman–Crippen LogP) is 2.06. The molecule has 0 bridgehead atoms. The Hall–Kier alpha value is -0.550. The van der Waals surface area contributed by atoms with Crippen LogP contribution in [0.4, 0.5) is 5.69 Å². The number of alkyl halides is 1. The molecule has 0 saturated heterocycles. The molecular weight excluding hydrogens is 290 g/mol. The van der Waals surface area contributed by atoms with Gasteiger partial charge in [-0.05, 0) is 17.7 Å². The first kappa shape index (κ1) is 13.5. The van der Waals surface area contributed by atoms with Crippen molar-refractivity contribution in [1.29, 1.82) is 0 Å². The fourth-order valence-corrected chi connectivity index (χ4v) is 2.25. The predicted molar refractivity (Wildman–Crippen MR) is 72.1 cm³/mol. The van der Waals surface area contributed by atoms with Gasteiger partial charge in [-0.3, -0.25) is 0 Å². The Morgan fingerprint density at radius 3 is 2.25 bits per heavy atom. The van der Waals surface area contributed by atoms with E-state index < -0.39 is 9.84 Å². The fraction of sp³-hybridized carbons (Fsp3) is 0.455. The molecule has 0 aliphatic rings. The Kier molecular flexibility index (Phi) is 4.80. The van der Waals surface area contributed by atoms with Gasteiger partial charge in [0.2, 0.25) is 0 Å². The molecule has 5 heteroatoms. The quantitative estimate of drug-likeness (QED) is 0.782. The summed E-state index contributed by atoms with van der Waals surface area (Å²) in [6, 6.07) is 8.06. The van der Waals surface area contributed by atoms with E-state index in [0.29, 0.717) is 6.54 Å². The lowest BCUT2D eigenvalue weighted by atomic mass is 10.2. The molecule has 0 aliphatic carbocycles. The van der Waals surface area contributed by atoms with Gasteiger partial charge in [0.25, 0.3) is 0 Å². The van der Waals surface area contributed by atoms with Crippen LogP contribution in [0.5, 0.6) is 0 Å². The zero-order valence-electron chi connectivity index (χ0n) is 9.48. The third kappa shape index (κ3) is 4.53. The van der Waals surface area contributed by atoms with Gasteiger partial charge in [-0.1, -0.05) is 28.1 Å². The molecule has 0 heterocycles. The topological polar surface area (TPSA) is 37.4 Å². The van der Waals surface area contributed by atoms with Gasteiger partial charge in [0.15, 0.2) is 0 Å². The van der Waals surface area contributed by atoms with Crippen molar-refractivity contribution in [2.24, 2.45) is 0 Å². The van der Waals surface area contributed by atoms with Crippen molar-refractivity contribution in [3.8, 4) is 0 Å². The summed E-state index contributed by atoms with van der Waals surface area (Å²) in [4.78, 5) is 1.94. The zero-order chi connectivity index (χ0) is 12.2. The second-order valence-electron chi connectivity index (χ2n) is 3.85. The molecule has 0 fully saturated rings. The van der Waals surface area contributed by atoms with Crippen LogP contribution in [-0.4, -0.2) is 34.0 Å². The lowest BCUT2D eigenvalue weighted by Crippen LogP contribution is -2.24. The highest BCUT2D eigenvalue weighted by Crippen LogP contribution is 2.15. The van der Waals surface area contributed by atoms with E-state index in [0.717, 1.165) is 11.0 Å². The Bertz CT molecular complexity index is 428. The van der Waals surface area contributed by atoms with E-state index in [1.807, 2.05) is 36.2 Å². The summed E-state index contributed by atoms with van der Waals surface area (Å²) in [5, 5.41) is 0.834. The lowest BCUT2D eigenvalue weighted by molar-refractivity contribution is 0.601. The molecule has 1 aromatic carbocycles. The maximum Gasteiger partial charge on any atom is 0.149 e. The highest BCUT2D eigenvalue weighted by atomic mass is 79.9. The zero-order valence-corrected chi connectivity index (χ0v) is 11.9. The molecule has 90 valence electrons. The summed E-state index contributed by atoms with van der Waals surface area (Å²) in [6.45, 7) is 0.520. The third-order valence-electron chi connectivity index (χ3n) is 2.33. The Balaban J connectivity index is 2.62. The van der Waals surface area contributed by atoms with E-state index in [1.54, 1.807) is 0 Å². The second-order valence-corrected chi connectivity index (χ2v) is 6.67. The van der Waals surface area contributed by atoms with Crippen molar-refractivity contribution in [2.75, 3.05) is 30.5 Å². The molecule has 0 unspecified atom stereocenters. The number of benzene rings is 1. The number of rotatable bonds is 5. The molecule has 0 amide bonds. The number of anilines is 1. The molecule has 0 N–H and O–H groups in total. The molecule has 3 nitrogen and oxygen atoms in total. The summed E-state index contributed by atoms with van der Waals surface area (Å²) in [6.07, 6.45) is 1.26. The van der Waals surface area contributed by atoms with E-state index in [9.17, 15) is 8.42 Å². The minimum absolute atomic E-state index is 0.184. The van der Waals surface area contributed by atoms with Crippen LogP contribution in [-0.2, 0) is 15.2 Å². The minimum Gasteiger partial charge on any atom is -0.374 e. The van der Waals surface area contributed by atoms with Crippen molar-refractivity contribution < 1.29 is 8.42 Å². The van der Waals surface area contributed by atoms with Crippen LogP contribution < -0.4 is 4.90 Å². The minimum atomic E-state index is -2.89. The molecule has 0 aliphatic heterocycles. The fourth-order valence-electron chi connectivity index (χ4n) is 1.27. The first-order valence-corrected chi connectivity index (χ1v) is 8.14. The van der Waals surface area contributed by atoms with Crippen LogP contribution >= 0.6 is 15.9 Å². The smallest absolute Gasteiger partial charge is 0.149 e. The van der Waals surface area contributed by atoms with Gasteiger partial charge in [-0.25, -0.2) is 8.42 Å². The number of hydrogen-bond donors (Lipinski definition) is 0. The van der Waals surface area contributed by atoms with Gasteiger partial charge in [0, 0.05) is 30.9 Å². The van der Waals surface area contributed by atoms with Gasteiger partial charge in [0.1, 0.15) is 9.84 Å². The van der Waals surface area contributed by atoms with E-state index in [2.05, 4.69) is 15.9 Å². The average Bonchev–Trinajstić information content (AvgIpc) is 2.25. The first-order chi connectivity index (χ1) is 7.42. The molecule has 0 aromatic heterocycles. The monoisotopic (exact) mass is 305 g/mol. The molecule has 0 radical (unpaired) electrons. The normalized spacial score (nSPS) is 11.4. The van der Waals surface area contributed by atoms with E-state index in [1.165, 1.54) is 11.8 Å². The van der Waals surface area contributed by atoms with Crippen LogP contribution in [0.1, 0.15) is 5.56 Å². The summed E-state index contributed by atoms with van der Waals surface area (Å²) >= 11 is 3.38. The van der Waals surface area contributed by atoms with Crippen molar-refractivity contribution in [1.82, 2.24) is 0 Å². The van der Waals surface area contributed by atoms with Gasteiger partial charge in [-0.2, -0.15) is 0 Å². The highest BCUT2D eigenvalue weighted by molar-refractivity contribution is 9.08. The number of halogens is 1. The molecule has 1 rings (SSSR count). The Morgan fingerprint density at radius 1 is 1.25 bits per heavy atom. The van der Waals surface area contributed by atoms with Crippen LogP contribution in [0, 0.1) is 0 Å². The summed E-state index contributed by atoms with van der Waals surface area (Å²) in [5.74, 6) is 0.184. The lowest BCUT2D eigenvalue weighted by Gasteiger charge is -2.18. The van der Waals surface area contributed by atoms with Crippen LogP contribution in [0.25, 0.3) is 0 Å². The maximum atomic E-state index is 11.0. The van der Waals surface area contributed by atoms with Crippen molar-refractivity contribution in [2.45, 2.75) is 5.33 Å².